The average Bonchev–Trinajstić information content (AvgIpc) is 2.38. The minimum atomic E-state index is 0.642. The molecule has 1 aromatic heterocycles. The minimum absolute atomic E-state index is 0.642. The Balaban J connectivity index is 2.44. The van der Waals surface area contributed by atoms with Crippen molar-refractivity contribution in [2.24, 2.45) is 5.73 Å². The molecule has 86 valence electrons. The van der Waals surface area contributed by atoms with Gasteiger partial charge in [0.25, 0.3) is 0 Å². The summed E-state index contributed by atoms with van der Waals surface area (Å²) in [5.41, 5.74) is 6.09. The third-order valence-electron chi connectivity index (χ3n) is 2.59. The largest absolute Gasteiger partial charge is 0.369 e. The third kappa shape index (κ3) is 2.35. The average molecular weight is 226 g/mol. The Morgan fingerprint density at radius 3 is 3.00 bits per heavy atom. The molecule has 0 aliphatic heterocycles. The highest BCUT2D eigenvalue weighted by molar-refractivity contribution is 5.96. The van der Waals surface area contributed by atoms with E-state index < -0.39 is 0 Å². The molecular formula is C13H14N4. The van der Waals surface area contributed by atoms with Crippen molar-refractivity contribution in [3.63, 3.8) is 0 Å². The van der Waals surface area contributed by atoms with Crippen LogP contribution in [0.4, 0.5) is 5.82 Å². The van der Waals surface area contributed by atoms with Crippen molar-refractivity contribution in [3.05, 3.63) is 36.0 Å². The van der Waals surface area contributed by atoms with Gasteiger partial charge in [0.05, 0.1) is 11.6 Å². The highest BCUT2D eigenvalue weighted by Crippen LogP contribution is 2.24. The number of rotatable bonds is 4. The first-order valence-electron chi connectivity index (χ1n) is 5.58. The van der Waals surface area contributed by atoms with Gasteiger partial charge >= 0.3 is 0 Å². The fraction of sp³-hybridized carbons (Fsp3) is 0.231. The Kier molecular flexibility index (Phi) is 3.53. The molecule has 0 aliphatic rings. The Bertz CT molecular complexity index is 552. The lowest BCUT2D eigenvalue weighted by atomic mass is 10.1. The van der Waals surface area contributed by atoms with Crippen LogP contribution in [0.3, 0.4) is 0 Å². The van der Waals surface area contributed by atoms with Crippen molar-refractivity contribution in [1.82, 2.24) is 4.98 Å². The minimum Gasteiger partial charge on any atom is -0.369 e. The van der Waals surface area contributed by atoms with Crippen LogP contribution in [0.15, 0.2) is 30.5 Å². The lowest BCUT2D eigenvalue weighted by Gasteiger charge is -2.09. The van der Waals surface area contributed by atoms with Crippen LogP contribution in [0.1, 0.15) is 12.0 Å². The zero-order valence-corrected chi connectivity index (χ0v) is 9.48. The summed E-state index contributed by atoms with van der Waals surface area (Å²) >= 11 is 0. The second-order valence-corrected chi connectivity index (χ2v) is 3.74. The zero-order chi connectivity index (χ0) is 12.1. The molecule has 2 aromatic rings. The van der Waals surface area contributed by atoms with Gasteiger partial charge in [-0.05, 0) is 30.5 Å². The summed E-state index contributed by atoms with van der Waals surface area (Å²) in [7, 11) is 0. The molecule has 3 N–H and O–H groups in total. The van der Waals surface area contributed by atoms with Gasteiger partial charge in [0, 0.05) is 18.1 Å². The van der Waals surface area contributed by atoms with Crippen LogP contribution in [0, 0.1) is 11.3 Å². The molecule has 4 heteroatoms. The predicted octanol–water partition coefficient (Wildman–Crippen LogP) is 1.87. The number of nitrogens with two attached hydrogens (primary N) is 1. The first-order valence-corrected chi connectivity index (χ1v) is 5.58. The van der Waals surface area contributed by atoms with Crippen LogP contribution in [-0.4, -0.2) is 18.1 Å². The van der Waals surface area contributed by atoms with E-state index in [0.29, 0.717) is 12.1 Å². The number of nitrogens with zero attached hydrogens (tertiary/aromatic N) is 2. The van der Waals surface area contributed by atoms with Gasteiger partial charge in [-0.3, -0.25) is 0 Å². The van der Waals surface area contributed by atoms with E-state index in [1.165, 1.54) is 0 Å². The molecule has 0 spiro atoms. The van der Waals surface area contributed by atoms with Crippen molar-refractivity contribution < 1.29 is 0 Å². The van der Waals surface area contributed by atoms with Gasteiger partial charge in [-0.2, -0.15) is 5.26 Å². The molecule has 1 aromatic carbocycles. The number of benzene rings is 1. The molecular weight excluding hydrogens is 212 g/mol. The van der Waals surface area contributed by atoms with Crippen molar-refractivity contribution in [1.29, 1.82) is 5.26 Å². The molecule has 0 bridgehead atoms. The number of hydrogen-bond donors (Lipinski definition) is 2. The summed E-state index contributed by atoms with van der Waals surface area (Å²) in [5, 5.41) is 14.2. The maximum absolute atomic E-state index is 9.11. The molecule has 2 rings (SSSR count). The standard InChI is InChI=1S/C13H14N4/c14-6-2-7-16-13-12-10(5-8-17-13)3-1-4-11(12)9-15/h1,3-5,8H,2,6-7,14H2,(H,16,17). The smallest absolute Gasteiger partial charge is 0.135 e. The predicted molar refractivity (Wildman–Crippen MR) is 68.6 cm³/mol. The fourth-order valence-corrected chi connectivity index (χ4v) is 1.77. The van der Waals surface area contributed by atoms with E-state index in [1.807, 2.05) is 18.2 Å². The molecule has 1 heterocycles. The molecule has 0 atom stereocenters. The van der Waals surface area contributed by atoms with Gasteiger partial charge in [0.1, 0.15) is 5.82 Å². The number of nitrogens with one attached hydrogen (secondary N) is 1. The van der Waals surface area contributed by atoms with Crippen LogP contribution in [0.25, 0.3) is 10.8 Å². The maximum atomic E-state index is 9.11. The monoisotopic (exact) mass is 226 g/mol. The van der Waals surface area contributed by atoms with E-state index in [-0.39, 0.29) is 0 Å². The van der Waals surface area contributed by atoms with Gasteiger partial charge < -0.3 is 11.1 Å². The Morgan fingerprint density at radius 2 is 2.24 bits per heavy atom. The quantitative estimate of drug-likeness (QED) is 0.780. The lowest BCUT2D eigenvalue weighted by Crippen LogP contribution is -2.09. The molecule has 0 saturated heterocycles. The Hall–Kier alpha value is -2.12. The molecule has 0 aliphatic carbocycles. The van der Waals surface area contributed by atoms with Gasteiger partial charge in [-0.15, -0.1) is 0 Å². The van der Waals surface area contributed by atoms with Crippen molar-refractivity contribution in [3.8, 4) is 6.07 Å². The molecule has 0 unspecified atom stereocenters. The number of hydrogen-bond acceptors (Lipinski definition) is 4. The van der Waals surface area contributed by atoms with E-state index in [1.54, 1.807) is 12.3 Å². The van der Waals surface area contributed by atoms with E-state index in [0.717, 1.165) is 29.6 Å². The van der Waals surface area contributed by atoms with Gasteiger partial charge in [0.15, 0.2) is 0 Å². The Labute approximate surface area is 100 Å². The molecule has 0 fully saturated rings. The first-order chi connectivity index (χ1) is 8.36. The topological polar surface area (TPSA) is 74.7 Å². The number of fused-ring (bicyclic) bond motifs is 1. The van der Waals surface area contributed by atoms with Crippen molar-refractivity contribution in [2.75, 3.05) is 18.4 Å². The van der Waals surface area contributed by atoms with Crippen LogP contribution in [0.2, 0.25) is 0 Å². The summed E-state index contributed by atoms with van der Waals surface area (Å²) in [6.45, 7) is 1.41. The second kappa shape index (κ2) is 5.28. The van der Waals surface area contributed by atoms with E-state index in [9.17, 15) is 0 Å². The summed E-state index contributed by atoms with van der Waals surface area (Å²) in [6.07, 6.45) is 2.63. The summed E-state index contributed by atoms with van der Waals surface area (Å²) < 4.78 is 0. The van der Waals surface area contributed by atoms with Crippen LogP contribution in [0.5, 0.6) is 0 Å². The van der Waals surface area contributed by atoms with Crippen LogP contribution in [-0.2, 0) is 0 Å². The highest BCUT2D eigenvalue weighted by atomic mass is 15.0. The van der Waals surface area contributed by atoms with Gasteiger partial charge in [-0.1, -0.05) is 12.1 Å². The maximum Gasteiger partial charge on any atom is 0.135 e. The molecule has 17 heavy (non-hydrogen) atoms. The van der Waals surface area contributed by atoms with E-state index in [2.05, 4.69) is 16.4 Å². The Morgan fingerprint density at radius 1 is 1.35 bits per heavy atom. The number of aromatic nitrogens is 1. The second-order valence-electron chi connectivity index (χ2n) is 3.74. The molecule has 0 radical (unpaired) electrons. The number of nitriles is 1. The normalized spacial score (nSPS) is 10.1. The van der Waals surface area contributed by atoms with Crippen LogP contribution < -0.4 is 11.1 Å². The molecule has 0 saturated carbocycles. The van der Waals surface area contributed by atoms with E-state index >= 15 is 0 Å². The van der Waals surface area contributed by atoms with Crippen molar-refractivity contribution in [2.45, 2.75) is 6.42 Å². The summed E-state index contributed by atoms with van der Waals surface area (Å²) in [6, 6.07) is 9.76. The summed E-state index contributed by atoms with van der Waals surface area (Å²) in [4.78, 5) is 4.28. The molecule has 4 nitrogen and oxygen atoms in total. The number of pyridine rings is 1. The van der Waals surface area contributed by atoms with Crippen molar-refractivity contribution >= 4 is 16.6 Å². The highest BCUT2D eigenvalue weighted by Gasteiger charge is 2.06. The SMILES string of the molecule is N#Cc1cccc2ccnc(NCCCN)c12. The zero-order valence-electron chi connectivity index (χ0n) is 9.48. The first kappa shape index (κ1) is 11.4. The van der Waals surface area contributed by atoms with E-state index in [4.69, 9.17) is 11.0 Å². The fourth-order valence-electron chi connectivity index (χ4n) is 1.77. The molecule has 0 amide bonds. The lowest BCUT2D eigenvalue weighted by molar-refractivity contribution is 0.871. The van der Waals surface area contributed by atoms with Gasteiger partial charge in [0.2, 0.25) is 0 Å². The third-order valence-corrected chi connectivity index (χ3v) is 2.59. The van der Waals surface area contributed by atoms with Crippen LogP contribution >= 0.6 is 0 Å². The number of anilines is 1. The summed E-state index contributed by atoms with van der Waals surface area (Å²) in [5.74, 6) is 0.758. The van der Waals surface area contributed by atoms with Gasteiger partial charge in [-0.25, -0.2) is 4.98 Å².